The fraction of sp³-hybridized carbons (Fsp3) is 0.529. The number of imide groups is 1. The highest BCUT2D eigenvalue weighted by molar-refractivity contribution is 5.99. The maximum atomic E-state index is 12.5. The molecule has 112 valence electrons. The van der Waals surface area contributed by atoms with E-state index in [1.54, 1.807) is 0 Å². The van der Waals surface area contributed by atoms with E-state index in [1.165, 1.54) is 4.90 Å². The van der Waals surface area contributed by atoms with Gasteiger partial charge in [-0.25, -0.2) is 0 Å². The van der Waals surface area contributed by atoms with Crippen LogP contribution in [0.4, 0.5) is 5.69 Å². The van der Waals surface area contributed by atoms with E-state index in [1.807, 2.05) is 31.2 Å². The summed E-state index contributed by atoms with van der Waals surface area (Å²) in [5, 5.41) is 0. The molecule has 21 heavy (non-hydrogen) atoms. The third-order valence-electron chi connectivity index (χ3n) is 5.06. The predicted octanol–water partition coefficient (Wildman–Crippen LogP) is 3.04. The number of hydrogen-bond donors (Lipinski definition) is 1. The molecule has 1 unspecified atom stereocenters. The van der Waals surface area contributed by atoms with Gasteiger partial charge in [0, 0.05) is 18.5 Å². The van der Waals surface area contributed by atoms with Gasteiger partial charge in [-0.3, -0.25) is 14.5 Å². The van der Waals surface area contributed by atoms with E-state index in [0.29, 0.717) is 18.5 Å². The molecule has 1 saturated heterocycles. The molecule has 2 N–H and O–H groups in total. The van der Waals surface area contributed by atoms with E-state index in [9.17, 15) is 9.59 Å². The van der Waals surface area contributed by atoms with Crippen LogP contribution in [0.5, 0.6) is 0 Å². The Labute approximate surface area is 125 Å². The molecule has 4 nitrogen and oxygen atoms in total. The molecule has 0 bridgehead atoms. The summed E-state index contributed by atoms with van der Waals surface area (Å²) in [6, 6.07) is 7.18. The summed E-state index contributed by atoms with van der Waals surface area (Å²) >= 11 is 0. The van der Waals surface area contributed by atoms with Crippen molar-refractivity contribution >= 4 is 17.5 Å². The van der Waals surface area contributed by atoms with E-state index >= 15 is 0 Å². The van der Waals surface area contributed by atoms with Gasteiger partial charge in [-0.05, 0) is 42.9 Å². The van der Waals surface area contributed by atoms with Crippen molar-refractivity contribution in [2.45, 2.75) is 51.5 Å². The van der Waals surface area contributed by atoms with Crippen molar-refractivity contribution in [3.8, 4) is 0 Å². The third kappa shape index (κ3) is 2.55. The molecule has 0 radical (unpaired) electrons. The molecule has 1 aliphatic carbocycles. The number of carbonyl (C=O) groups is 2. The van der Waals surface area contributed by atoms with Gasteiger partial charge in [0.2, 0.25) is 11.8 Å². The molecular formula is C17H22N2O2. The molecule has 4 heteroatoms. The SMILES string of the molecule is CC(c1ccc(N)cc1)N1C(=O)CC2(CCCC2)CC1=O. The van der Waals surface area contributed by atoms with E-state index in [-0.39, 0.29) is 23.3 Å². The van der Waals surface area contributed by atoms with Crippen LogP contribution in [0.3, 0.4) is 0 Å². The lowest BCUT2D eigenvalue weighted by Gasteiger charge is -2.40. The first kappa shape index (κ1) is 14.1. The van der Waals surface area contributed by atoms with E-state index in [4.69, 9.17) is 5.73 Å². The number of anilines is 1. The molecule has 1 aromatic carbocycles. The zero-order chi connectivity index (χ0) is 15.0. The van der Waals surface area contributed by atoms with Crippen LogP contribution in [-0.2, 0) is 9.59 Å². The molecule has 1 saturated carbocycles. The van der Waals surface area contributed by atoms with Crippen LogP contribution in [0.25, 0.3) is 0 Å². The van der Waals surface area contributed by atoms with Gasteiger partial charge in [0.25, 0.3) is 0 Å². The number of nitrogen functional groups attached to an aromatic ring is 1. The summed E-state index contributed by atoms with van der Waals surface area (Å²) < 4.78 is 0. The molecule has 1 aromatic rings. The molecule has 2 aliphatic rings. The first-order chi connectivity index (χ1) is 10.0. The van der Waals surface area contributed by atoms with Crippen LogP contribution < -0.4 is 5.73 Å². The largest absolute Gasteiger partial charge is 0.399 e. The smallest absolute Gasteiger partial charge is 0.230 e. The minimum Gasteiger partial charge on any atom is -0.399 e. The van der Waals surface area contributed by atoms with Gasteiger partial charge < -0.3 is 5.73 Å². The van der Waals surface area contributed by atoms with E-state index in [2.05, 4.69) is 0 Å². The Bertz CT molecular complexity index is 539. The van der Waals surface area contributed by atoms with Crippen LogP contribution in [0, 0.1) is 5.41 Å². The normalized spacial score (nSPS) is 22.8. The molecule has 1 atom stereocenters. The maximum Gasteiger partial charge on any atom is 0.230 e. The van der Waals surface area contributed by atoms with Gasteiger partial charge in [0.1, 0.15) is 0 Å². The molecule has 1 heterocycles. The van der Waals surface area contributed by atoms with Gasteiger partial charge in [-0.15, -0.1) is 0 Å². The lowest BCUT2D eigenvalue weighted by atomic mass is 9.76. The zero-order valence-electron chi connectivity index (χ0n) is 12.5. The molecule has 1 spiro atoms. The number of carbonyl (C=O) groups excluding carboxylic acids is 2. The topological polar surface area (TPSA) is 63.4 Å². The molecule has 3 rings (SSSR count). The minimum absolute atomic E-state index is 0.0162. The highest BCUT2D eigenvalue weighted by atomic mass is 16.2. The highest BCUT2D eigenvalue weighted by Crippen LogP contribution is 2.48. The summed E-state index contributed by atoms with van der Waals surface area (Å²) in [4.78, 5) is 26.5. The van der Waals surface area contributed by atoms with E-state index < -0.39 is 0 Å². The fourth-order valence-corrected chi connectivity index (χ4v) is 3.85. The molecule has 1 aliphatic heterocycles. The second-order valence-corrected chi connectivity index (χ2v) is 6.56. The quantitative estimate of drug-likeness (QED) is 0.671. The Morgan fingerprint density at radius 3 is 2.10 bits per heavy atom. The Morgan fingerprint density at radius 2 is 1.57 bits per heavy atom. The Balaban J connectivity index is 1.81. The molecule has 2 fully saturated rings. The lowest BCUT2D eigenvalue weighted by Crippen LogP contribution is -2.48. The number of likely N-dealkylation sites (tertiary alicyclic amines) is 1. The van der Waals surface area contributed by atoms with Crippen molar-refractivity contribution in [1.82, 2.24) is 4.90 Å². The van der Waals surface area contributed by atoms with Crippen molar-refractivity contribution in [2.75, 3.05) is 5.73 Å². The average molecular weight is 286 g/mol. The summed E-state index contributed by atoms with van der Waals surface area (Å²) in [7, 11) is 0. The first-order valence-corrected chi connectivity index (χ1v) is 7.71. The number of amides is 2. The number of nitrogens with zero attached hydrogens (tertiary/aromatic N) is 1. The summed E-state index contributed by atoms with van der Waals surface area (Å²) in [6.07, 6.45) is 5.39. The standard InChI is InChI=1S/C17H22N2O2/c1-12(13-4-6-14(18)7-5-13)19-15(20)10-17(11-16(19)21)8-2-3-9-17/h4-7,12H,2-3,8-11,18H2,1H3. The number of benzene rings is 1. The van der Waals surface area contributed by atoms with Crippen molar-refractivity contribution in [3.05, 3.63) is 29.8 Å². The van der Waals surface area contributed by atoms with Crippen LogP contribution in [0.15, 0.2) is 24.3 Å². The maximum absolute atomic E-state index is 12.5. The third-order valence-corrected chi connectivity index (χ3v) is 5.06. The Morgan fingerprint density at radius 1 is 1.05 bits per heavy atom. The predicted molar refractivity (Wildman–Crippen MR) is 81.3 cm³/mol. The lowest BCUT2D eigenvalue weighted by molar-refractivity contribution is -0.156. The van der Waals surface area contributed by atoms with Crippen LogP contribution >= 0.6 is 0 Å². The van der Waals surface area contributed by atoms with Gasteiger partial charge in [0.05, 0.1) is 6.04 Å². The average Bonchev–Trinajstić information content (AvgIpc) is 2.86. The van der Waals surface area contributed by atoms with Gasteiger partial charge in [-0.1, -0.05) is 25.0 Å². The van der Waals surface area contributed by atoms with Gasteiger partial charge in [0.15, 0.2) is 0 Å². The van der Waals surface area contributed by atoms with E-state index in [0.717, 1.165) is 31.2 Å². The zero-order valence-corrected chi connectivity index (χ0v) is 12.5. The number of piperidine rings is 1. The highest BCUT2D eigenvalue weighted by Gasteiger charge is 2.46. The Kier molecular flexibility index (Phi) is 3.47. The summed E-state index contributed by atoms with van der Waals surface area (Å²) in [5.41, 5.74) is 7.29. The molecular weight excluding hydrogens is 264 g/mol. The second kappa shape index (κ2) is 5.17. The monoisotopic (exact) mass is 286 g/mol. The van der Waals surface area contributed by atoms with Crippen molar-refractivity contribution in [1.29, 1.82) is 0 Å². The summed E-state index contributed by atoms with van der Waals surface area (Å²) in [5.74, 6) is -0.0325. The number of nitrogens with two attached hydrogens (primary N) is 1. The minimum atomic E-state index is -0.218. The van der Waals surface area contributed by atoms with Gasteiger partial charge >= 0.3 is 0 Å². The number of rotatable bonds is 2. The molecule has 0 aromatic heterocycles. The fourth-order valence-electron chi connectivity index (χ4n) is 3.85. The van der Waals surface area contributed by atoms with Crippen molar-refractivity contribution in [3.63, 3.8) is 0 Å². The van der Waals surface area contributed by atoms with Crippen LogP contribution in [0.1, 0.15) is 57.1 Å². The van der Waals surface area contributed by atoms with Crippen molar-refractivity contribution in [2.24, 2.45) is 5.41 Å². The van der Waals surface area contributed by atoms with Crippen molar-refractivity contribution < 1.29 is 9.59 Å². The second-order valence-electron chi connectivity index (χ2n) is 6.56. The van der Waals surface area contributed by atoms with Crippen LogP contribution in [0.2, 0.25) is 0 Å². The number of hydrogen-bond acceptors (Lipinski definition) is 3. The van der Waals surface area contributed by atoms with Gasteiger partial charge in [-0.2, -0.15) is 0 Å². The van der Waals surface area contributed by atoms with Crippen LogP contribution in [-0.4, -0.2) is 16.7 Å². The summed E-state index contributed by atoms with van der Waals surface area (Å²) in [6.45, 7) is 1.91. The molecule has 2 amide bonds. The Hall–Kier alpha value is -1.84. The first-order valence-electron chi connectivity index (χ1n) is 7.71.